The first kappa shape index (κ1) is 10.0. The molecular weight excluding hydrogens is 164 g/mol. The van der Waals surface area contributed by atoms with Crippen LogP contribution in [-0.2, 0) is 6.42 Å². The van der Waals surface area contributed by atoms with Crippen molar-refractivity contribution in [3.63, 3.8) is 0 Å². The van der Waals surface area contributed by atoms with E-state index in [4.69, 9.17) is 10.6 Å². The van der Waals surface area contributed by atoms with Crippen molar-refractivity contribution in [2.45, 2.75) is 13.3 Å². The molecule has 0 aliphatic carbocycles. The Morgan fingerprint density at radius 1 is 1.46 bits per heavy atom. The molecule has 0 atom stereocenters. The third-order valence-electron chi connectivity index (χ3n) is 1.97. The Morgan fingerprint density at radius 2 is 2.23 bits per heavy atom. The fourth-order valence-corrected chi connectivity index (χ4v) is 1.31. The molecule has 0 aliphatic heterocycles. The molecule has 0 aromatic heterocycles. The summed E-state index contributed by atoms with van der Waals surface area (Å²) in [5, 5.41) is 0. The largest absolute Gasteiger partial charge is 0.496 e. The summed E-state index contributed by atoms with van der Waals surface area (Å²) in [7, 11) is 1.68. The predicted molar refractivity (Wildman–Crippen MR) is 53.6 cm³/mol. The maximum Gasteiger partial charge on any atom is 0.122 e. The van der Waals surface area contributed by atoms with E-state index in [0.29, 0.717) is 0 Å². The van der Waals surface area contributed by atoms with Crippen molar-refractivity contribution >= 4 is 0 Å². The summed E-state index contributed by atoms with van der Waals surface area (Å²) < 4.78 is 5.23. The van der Waals surface area contributed by atoms with Gasteiger partial charge in [0.15, 0.2) is 0 Å². The second-order valence-electron chi connectivity index (χ2n) is 3.02. The van der Waals surface area contributed by atoms with E-state index in [1.165, 1.54) is 11.1 Å². The van der Waals surface area contributed by atoms with Gasteiger partial charge in [0.2, 0.25) is 0 Å². The number of ether oxygens (including phenoxy) is 1. The van der Waals surface area contributed by atoms with E-state index in [2.05, 4.69) is 18.4 Å². The van der Waals surface area contributed by atoms with E-state index in [1.54, 1.807) is 7.11 Å². The summed E-state index contributed by atoms with van der Waals surface area (Å²) in [5.74, 6) is 6.15. The van der Waals surface area contributed by atoms with Crippen molar-refractivity contribution < 1.29 is 4.74 Å². The van der Waals surface area contributed by atoms with Crippen LogP contribution in [0.4, 0.5) is 0 Å². The lowest BCUT2D eigenvalue weighted by molar-refractivity contribution is 0.409. The second-order valence-corrected chi connectivity index (χ2v) is 3.02. The third-order valence-corrected chi connectivity index (χ3v) is 1.97. The lowest BCUT2D eigenvalue weighted by Gasteiger charge is -2.08. The van der Waals surface area contributed by atoms with E-state index >= 15 is 0 Å². The molecule has 3 N–H and O–H groups in total. The van der Waals surface area contributed by atoms with Crippen LogP contribution in [0.2, 0.25) is 0 Å². The number of nitrogens with one attached hydrogen (secondary N) is 1. The molecule has 3 heteroatoms. The highest BCUT2D eigenvalue weighted by molar-refractivity contribution is 5.36. The molecule has 0 unspecified atom stereocenters. The molecule has 0 saturated heterocycles. The molecule has 0 spiro atoms. The lowest BCUT2D eigenvalue weighted by Crippen LogP contribution is -2.24. The molecule has 0 fully saturated rings. The number of benzene rings is 1. The van der Waals surface area contributed by atoms with Crippen LogP contribution in [0.25, 0.3) is 0 Å². The summed E-state index contributed by atoms with van der Waals surface area (Å²) in [6.07, 6.45) is 0.890. The maximum absolute atomic E-state index is 5.23. The normalized spacial score (nSPS) is 10.1. The van der Waals surface area contributed by atoms with E-state index in [9.17, 15) is 0 Å². The molecule has 1 rings (SSSR count). The van der Waals surface area contributed by atoms with Crippen LogP contribution in [0.5, 0.6) is 5.75 Å². The molecular formula is C10H16N2O. The minimum atomic E-state index is 0.764. The number of rotatable bonds is 4. The summed E-state index contributed by atoms with van der Waals surface area (Å²) in [4.78, 5) is 0. The van der Waals surface area contributed by atoms with E-state index in [1.807, 2.05) is 12.1 Å². The number of hydrogen-bond donors (Lipinski definition) is 2. The van der Waals surface area contributed by atoms with Gasteiger partial charge >= 0.3 is 0 Å². The van der Waals surface area contributed by atoms with Crippen LogP contribution in [0.1, 0.15) is 11.1 Å². The summed E-state index contributed by atoms with van der Waals surface area (Å²) in [6.45, 7) is 2.83. The third kappa shape index (κ3) is 2.72. The smallest absolute Gasteiger partial charge is 0.122 e. The zero-order chi connectivity index (χ0) is 9.68. The Balaban J connectivity index is 2.81. The lowest BCUT2D eigenvalue weighted by atomic mass is 10.1. The monoisotopic (exact) mass is 180 g/mol. The van der Waals surface area contributed by atoms with E-state index < -0.39 is 0 Å². The molecule has 13 heavy (non-hydrogen) atoms. The van der Waals surface area contributed by atoms with Crippen LogP contribution < -0.4 is 16.0 Å². The number of hydrazine groups is 1. The second kappa shape index (κ2) is 4.84. The quantitative estimate of drug-likeness (QED) is 0.537. The van der Waals surface area contributed by atoms with Crippen LogP contribution >= 0.6 is 0 Å². The standard InChI is InChI=1S/C10H16N2O/c1-8-3-4-10(13-2)9(7-8)5-6-12-11/h3-4,7,12H,5-6,11H2,1-2H3. The topological polar surface area (TPSA) is 47.3 Å². The van der Waals surface area contributed by atoms with Gasteiger partial charge in [0.25, 0.3) is 0 Å². The van der Waals surface area contributed by atoms with Gasteiger partial charge in [0.1, 0.15) is 5.75 Å². The molecule has 0 amide bonds. The van der Waals surface area contributed by atoms with Crippen molar-refractivity contribution in [2.24, 2.45) is 5.84 Å². The molecule has 0 radical (unpaired) electrons. The van der Waals surface area contributed by atoms with Crippen LogP contribution in [0, 0.1) is 6.92 Å². The highest BCUT2D eigenvalue weighted by Gasteiger charge is 2.01. The van der Waals surface area contributed by atoms with Gasteiger partial charge in [0, 0.05) is 6.54 Å². The van der Waals surface area contributed by atoms with Crippen molar-refractivity contribution in [1.82, 2.24) is 5.43 Å². The summed E-state index contributed by atoms with van der Waals surface area (Å²) in [5.41, 5.74) is 5.07. The first-order valence-corrected chi connectivity index (χ1v) is 4.35. The SMILES string of the molecule is COc1ccc(C)cc1CCNN. The first-order valence-electron chi connectivity index (χ1n) is 4.35. The van der Waals surface area contributed by atoms with Gasteiger partial charge in [0.05, 0.1) is 7.11 Å². The number of aryl methyl sites for hydroxylation is 1. The fraction of sp³-hybridized carbons (Fsp3) is 0.400. The highest BCUT2D eigenvalue weighted by Crippen LogP contribution is 2.19. The maximum atomic E-state index is 5.23. The molecule has 3 nitrogen and oxygen atoms in total. The van der Waals surface area contributed by atoms with E-state index in [0.717, 1.165) is 18.7 Å². The Labute approximate surface area is 78.9 Å². The predicted octanol–water partition coefficient (Wildman–Crippen LogP) is 1.01. The van der Waals surface area contributed by atoms with Crippen LogP contribution in [-0.4, -0.2) is 13.7 Å². The van der Waals surface area contributed by atoms with Crippen molar-refractivity contribution in [3.8, 4) is 5.75 Å². The van der Waals surface area contributed by atoms with E-state index in [-0.39, 0.29) is 0 Å². The van der Waals surface area contributed by atoms with Gasteiger partial charge in [-0.15, -0.1) is 0 Å². The Kier molecular flexibility index (Phi) is 3.73. The fourth-order valence-electron chi connectivity index (χ4n) is 1.31. The van der Waals surface area contributed by atoms with Gasteiger partial charge < -0.3 is 4.74 Å². The highest BCUT2D eigenvalue weighted by atomic mass is 16.5. The number of hydrogen-bond acceptors (Lipinski definition) is 3. The first-order chi connectivity index (χ1) is 6.27. The Hall–Kier alpha value is -1.06. The molecule has 0 heterocycles. The van der Waals surface area contributed by atoms with Gasteiger partial charge in [-0.2, -0.15) is 0 Å². The molecule has 72 valence electrons. The molecule has 0 bridgehead atoms. The summed E-state index contributed by atoms with van der Waals surface area (Å²) >= 11 is 0. The average Bonchev–Trinajstić information content (AvgIpc) is 2.15. The zero-order valence-electron chi connectivity index (χ0n) is 8.13. The van der Waals surface area contributed by atoms with Crippen LogP contribution in [0.3, 0.4) is 0 Å². The van der Waals surface area contributed by atoms with Gasteiger partial charge in [-0.3, -0.25) is 11.3 Å². The van der Waals surface area contributed by atoms with Crippen molar-refractivity contribution in [1.29, 1.82) is 0 Å². The van der Waals surface area contributed by atoms with Crippen molar-refractivity contribution in [2.75, 3.05) is 13.7 Å². The minimum Gasteiger partial charge on any atom is -0.496 e. The van der Waals surface area contributed by atoms with Gasteiger partial charge in [-0.05, 0) is 25.0 Å². The summed E-state index contributed by atoms with van der Waals surface area (Å²) in [6, 6.07) is 6.15. The molecule has 0 aliphatic rings. The Bertz CT molecular complexity index is 274. The van der Waals surface area contributed by atoms with Gasteiger partial charge in [-0.1, -0.05) is 17.7 Å². The molecule has 1 aromatic rings. The van der Waals surface area contributed by atoms with Crippen LogP contribution in [0.15, 0.2) is 18.2 Å². The molecule has 1 aromatic carbocycles. The number of nitrogens with two attached hydrogens (primary N) is 1. The zero-order valence-corrected chi connectivity index (χ0v) is 8.13. The van der Waals surface area contributed by atoms with Crippen molar-refractivity contribution in [3.05, 3.63) is 29.3 Å². The number of methoxy groups -OCH3 is 1. The van der Waals surface area contributed by atoms with Gasteiger partial charge in [-0.25, -0.2) is 0 Å². The molecule has 0 saturated carbocycles. The average molecular weight is 180 g/mol. The Morgan fingerprint density at radius 3 is 2.85 bits per heavy atom. The minimum absolute atomic E-state index is 0.764.